The van der Waals surface area contributed by atoms with E-state index in [1.807, 2.05) is 0 Å². The van der Waals surface area contributed by atoms with Crippen molar-refractivity contribution in [1.82, 2.24) is 10.6 Å². The quantitative estimate of drug-likeness (QED) is 0.445. The van der Waals surface area contributed by atoms with Crippen LogP contribution in [0.5, 0.6) is 11.5 Å². The molecular weight excluding hydrogens is 427 g/mol. The van der Waals surface area contributed by atoms with Crippen LogP contribution in [0.3, 0.4) is 0 Å². The first-order valence-corrected chi connectivity index (χ1v) is 10.6. The highest BCUT2D eigenvalue weighted by molar-refractivity contribution is 6.31. The Morgan fingerprint density at radius 2 is 1.13 bits per heavy atom. The number of benzene rings is 2. The summed E-state index contributed by atoms with van der Waals surface area (Å²) in [5.41, 5.74) is 0. The minimum Gasteiger partial charge on any atom is -0.484 e. The highest BCUT2D eigenvalue weighted by Crippen LogP contribution is 2.17. The van der Waals surface area contributed by atoms with Crippen molar-refractivity contribution in [2.24, 2.45) is 0 Å². The van der Waals surface area contributed by atoms with Gasteiger partial charge in [0.25, 0.3) is 11.8 Å². The summed E-state index contributed by atoms with van der Waals surface area (Å²) >= 11 is 11.7. The Morgan fingerprint density at radius 3 is 1.53 bits per heavy atom. The molecular formula is C22H26Cl2N2O4. The molecule has 0 saturated carbocycles. The summed E-state index contributed by atoms with van der Waals surface area (Å²) < 4.78 is 10.8. The molecule has 0 spiro atoms. The number of nitrogens with one attached hydrogen (secondary N) is 2. The van der Waals surface area contributed by atoms with Gasteiger partial charge in [0.2, 0.25) is 0 Å². The van der Waals surface area contributed by atoms with Crippen molar-refractivity contribution in [2.45, 2.75) is 25.7 Å². The summed E-state index contributed by atoms with van der Waals surface area (Å²) in [5.74, 6) is 0.805. The predicted molar refractivity (Wildman–Crippen MR) is 118 cm³/mol. The number of rotatable bonds is 13. The van der Waals surface area contributed by atoms with Crippen LogP contribution in [0.15, 0.2) is 48.5 Å². The van der Waals surface area contributed by atoms with Crippen molar-refractivity contribution in [1.29, 1.82) is 0 Å². The smallest absolute Gasteiger partial charge is 0.257 e. The van der Waals surface area contributed by atoms with Crippen molar-refractivity contribution in [3.8, 4) is 11.5 Å². The Kier molecular flexibility index (Phi) is 10.9. The highest BCUT2D eigenvalue weighted by Gasteiger charge is 2.04. The van der Waals surface area contributed by atoms with Gasteiger partial charge in [-0.05, 0) is 49.2 Å². The van der Waals surface area contributed by atoms with Gasteiger partial charge in [0.1, 0.15) is 11.5 Å². The number of amides is 2. The molecule has 0 radical (unpaired) electrons. The number of carbonyl (C=O) groups is 2. The van der Waals surface area contributed by atoms with Gasteiger partial charge in [-0.1, -0.05) is 48.2 Å². The van der Waals surface area contributed by atoms with Crippen LogP contribution in [0.1, 0.15) is 25.7 Å². The van der Waals surface area contributed by atoms with E-state index in [2.05, 4.69) is 10.6 Å². The molecule has 0 aliphatic heterocycles. The zero-order valence-electron chi connectivity index (χ0n) is 16.7. The maximum Gasteiger partial charge on any atom is 0.257 e. The number of ether oxygens (including phenoxy) is 2. The van der Waals surface area contributed by atoms with Crippen LogP contribution in [0.2, 0.25) is 10.0 Å². The van der Waals surface area contributed by atoms with E-state index in [9.17, 15) is 9.59 Å². The lowest BCUT2D eigenvalue weighted by molar-refractivity contribution is -0.123. The topological polar surface area (TPSA) is 76.7 Å². The molecule has 2 aromatic rings. The van der Waals surface area contributed by atoms with E-state index in [4.69, 9.17) is 32.7 Å². The van der Waals surface area contributed by atoms with E-state index in [1.165, 1.54) is 0 Å². The van der Waals surface area contributed by atoms with Crippen LogP contribution < -0.4 is 20.1 Å². The summed E-state index contributed by atoms with van der Waals surface area (Å²) in [6.45, 7) is 1.11. The lowest BCUT2D eigenvalue weighted by Gasteiger charge is -2.08. The van der Waals surface area contributed by atoms with Crippen LogP contribution in [-0.4, -0.2) is 38.1 Å². The molecule has 2 rings (SSSR count). The van der Waals surface area contributed by atoms with Crippen LogP contribution in [-0.2, 0) is 9.59 Å². The third kappa shape index (κ3) is 10.4. The largest absolute Gasteiger partial charge is 0.484 e. The van der Waals surface area contributed by atoms with E-state index < -0.39 is 0 Å². The van der Waals surface area contributed by atoms with Crippen molar-refractivity contribution in [3.63, 3.8) is 0 Å². The van der Waals surface area contributed by atoms with Crippen LogP contribution in [0.25, 0.3) is 0 Å². The average Bonchev–Trinajstić information content (AvgIpc) is 2.73. The first-order valence-electron chi connectivity index (χ1n) is 9.83. The van der Waals surface area contributed by atoms with Gasteiger partial charge in [-0.15, -0.1) is 0 Å². The van der Waals surface area contributed by atoms with Gasteiger partial charge in [-0.3, -0.25) is 9.59 Å². The third-order valence-corrected chi connectivity index (χ3v) is 4.55. The van der Waals surface area contributed by atoms with Gasteiger partial charge in [-0.25, -0.2) is 0 Å². The summed E-state index contributed by atoms with van der Waals surface area (Å²) in [4.78, 5) is 23.5. The van der Waals surface area contributed by atoms with Crippen molar-refractivity contribution in [3.05, 3.63) is 58.6 Å². The van der Waals surface area contributed by atoms with Gasteiger partial charge < -0.3 is 20.1 Å². The molecule has 0 aliphatic carbocycles. The molecule has 0 aromatic heterocycles. The van der Waals surface area contributed by atoms with E-state index in [1.54, 1.807) is 48.5 Å². The number of carbonyl (C=O) groups excluding carboxylic acids is 2. The number of hydrogen-bond acceptors (Lipinski definition) is 4. The van der Waals surface area contributed by atoms with E-state index >= 15 is 0 Å². The standard InChI is InChI=1S/C22H26Cl2N2O4/c23-17-7-5-9-19(13-17)29-15-21(27)25-11-3-1-2-4-12-26-22(28)16-30-20-10-6-8-18(24)14-20/h5-10,13-14H,1-4,11-12,15-16H2,(H,25,27)(H,26,28). The monoisotopic (exact) mass is 452 g/mol. The normalized spacial score (nSPS) is 10.3. The fourth-order valence-electron chi connectivity index (χ4n) is 2.57. The summed E-state index contributed by atoms with van der Waals surface area (Å²) in [6.07, 6.45) is 3.66. The molecule has 0 saturated heterocycles. The van der Waals surface area contributed by atoms with Crippen molar-refractivity contribution in [2.75, 3.05) is 26.3 Å². The minimum atomic E-state index is -0.165. The van der Waals surface area contributed by atoms with Crippen LogP contribution in [0, 0.1) is 0 Å². The Labute approximate surface area is 186 Å². The molecule has 0 fully saturated rings. The second kappa shape index (κ2) is 13.7. The Hall–Kier alpha value is -2.44. The molecule has 8 heteroatoms. The van der Waals surface area contributed by atoms with Gasteiger partial charge in [0.15, 0.2) is 13.2 Å². The van der Waals surface area contributed by atoms with E-state index in [0.29, 0.717) is 34.6 Å². The minimum absolute atomic E-state index is 0.0381. The first-order chi connectivity index (χ1) is 14.5. The summed E-state index contributed by atoms with van der Waals surface area (Å²) in [5, 5.41) is 6.78. The van der Waals surface area contributed by atoms with Gasteiger partial charge in [-0.2, -0.15) is 0 Å². The van der Waals surface area contributed by atoms with Gasteiger partial charge in [0.05, 0.1) is 0 Å². The fourth-order valence-corrected chi connectivity index (χ4v) is 2.93. The fraction of sp³-hybridized carbons (Fsp3) is 0.364. The molecule has 30 heavy (non-hydrogen) atoms. The molecule has 6 nitrogen and oxygen atoms in total. The van der Waals surface area contributed by atoms with Crippen LogP contribution >= 0.6 is 23.2 Å². The number of hydrogen-bond donors (Lipinski definition) is 2. The Bertz CT molecular complexity index is 750. The van der Waals surface area contributed by atoms with E-state index in [-0.39, 0.29) is 25.0 Å². The maximum atomic E-state index is 11.8. The third-order valence-electron chi connectivity index (χ3n) is 4.08. The van der Waals surface area contributed by atoms with Crippen molar-refractivity contribution < 1.29 is 19.1 Å². The maximum absolute atomic E-state index is 11.8. The highest BCUT2D eigenvalue weighted by atomic mass is 35.5. The SMILES string of the molecule is O=C(COc1cccc(Cl)c1)NCCCCCCNC(=O)COc1cccc(Cl)c1. The first kappa shape index (κ1) is 23.8. The van der Waals surface area contributed by atoms with E-state index in [0.717, 1.165) is 25.7 Å². The summed E-state index contributed by atoms with van der Waals surface area (Å²) in [7, 11) is 0. The molecule has 0 unspecified atom stereocenters. The van der Waals surface area contributed by atoms with Gasteiger partial charge >= 0.3 is 0 Å². The second-order valence-electron chi connectivity index (χ2n) is 6.61. The molecule has 0 atom stereocenters. The molecule has 2 amide bonds. The molecule has 0 bridgehead atoms. The molecule has 0 heterocycles. The number of halogens is 2. The average molecular weight is 453 g/mol. The van der Waals surface area contributed by atoms with Crippen molar-refractivity contribution >= 4 is 35.0 Å². The van der Waals surface area contributed by atoms with Crippen LogP contribution in [0.4, 0.5) is 0 Å². The zero-order chi connectivity index (χ0) is 21.6. The molecule has 0 aliphatic rings. The zero-order valence-corrected chi connectivity index (χ0v) is 18.2. The molecule has 2 aromatic carbocycles. The summed E-state index contributed by atoms with van der Waals surface area (Å²) in [6, 6.07) is 13.9. The van der Waals surface area contributed by atoms with Gasteiger partial charge in [0, 0.05) is 23.1 Å². The molecule has 2 N–H and O–H groups in total. The number of unbranched alkanes of at least 4 members (excludes halogenated alkanes) is 3. The lowest BCUT2D eigenvalue weighted by Crippen LogP contribution is -2.30. The predicted octanol–water partition coefficient (Wildman–Crippen LogP) is 4.24. The molecule has 162 valence electrons. The Morgan fingerprint density at radius 1 is 0.700 bits per heavy atom. The lowest BCUT2D eigenvalue weighted by atomic mass is 10.2. The Balaban J connectivity index is 1.42. The second-order valence-corrected chi connectivity index (χ2v) is 7.48.